The Balaban J connectivity index is 2.34. The second-order valence-electron chi connectivity index (χ2n) is 4.23. The first-order chi connectivity index (χ1) is 10.1. The first kappa shape index (κ1) is 14.8. The molecule has 0 bridgehead atoms. The Labute approximate surface area is 123 Å². The second-order valence-corrected chi connectivity index (χ2v) is 4.23. The van der Waals surface area contributed by atoms with Gasteiger partial charge < -0.3 is 24.4 Å². The predicted octanol–water partition coefficient (Wildman–Crippen LogP) is 3.69. The molecular weight excluding hydrogens is 272 g/mol. The van der Waals surface area contributed by atoms with Crippen LogP contribution in [0.25, 0.3) is 0 Å². The van der Waals surface area contributed by atoms with E-state index in [0.29, 0.717) is 36.2 Å². The van der Waals surface area contributed by atoms with Crippen molar-refractivity contribution in [2.24, 2.45) is 0 Å². The zero-order chi connectivity index (χ0) is 15.2. The van der Waals surface area contributed by atoms with E-state index in [1.165, 1.54) is 18.2 Å². The highest BCUT2D eigenvalue weighted by Gasteiger charge is 2.13. The average Bonchev–Trinajstić information content (AvgIpc) is 2.46. The molecule has 2 N–H and O–H groups in total. The third-order valence-corrected chi connectivity index (χ3v) is 2.69. The summed E-state index contributed by atoms with van der Waals surface area (Å²) in [7, 11) is 0. The van der Waals surface area contributed by atoms with E-state index < -0.39 is 0 Å². The van der Waals surface area contributed by atoms with Gasteiger partial charge in [0.2, 0.25) is 0 Å². The zero-order valence-corrected chi connectivity index (χ0v) is 12.0. The van der Waals surface area contributed by atoms with Gasteiger partial charge in [-0.1, -0.05) is 0 Å². The first-order valence-corrected chi connectivity index (χ1v) is 6.73. The van der Waals surface area contributed by atoms with Crippen molar-refractivity contribution in [3.8, 4) is 34.5 Å². The van der Waals surface area contributed by atoms with E-state index in [-0.39, 0.29) is 11.5 Å². The van der Waals surface area contributed by atoms with Crippen LogP contribution in [-0.4, -0.2) is 23.4 Å². The number of rotatable bonds is 6. The van der Waals surface area contributed by atoms with Crippen molar-refractivity contribution in [3.63, 3.8) is 0 Å². The zero-order valence-electron chi connectivity index (χ0n) is 12.0. The lowest BCUT2D eigenvalue weighted by atomic mass is 10.2. The Morgan fingerprint density at radius 1 is 0.810 bits per heavy atom. The van der Waals surface area contributed by atoms with Gasteiger partial charge in [-0.05, 0) is 38.1 Å². The molecule has 2 rings (SSSR count). The molecule has 0 amide bonds. The molecule has 21 heavy (non-hydrogen) atoms. The standard InChI is InChI=1S/C16H18O5/c1-3-19-14-10-16(15(20-4-2)9-13(14)18)21-12-7-5-11(17)6-8-12/h5-10,17-18H,3-4H2,1-2H3. The van der Waals surface area contributed by atoms with Crippen molar-refractivity contribution in [2.75, 3.05) is 13.2 Å². The molecule has 112 valence electrons. The monoisotopic (exact) mass is 290 g/mol. The molecule has 0 fully saturated rings. The molecule has 2 aromatic carbocycles. The molecule has 0 aromatic heterocycles. The molecule has 0 spiro atoms. The number of benzene rings is 2. The number of phenols is 2. The molecule has 0 heterocycles. The maximum absolute atomic E-state index is 9.88. The number of hydrogen-bond donors (Lipinski definition) is 2. The van der Waals surface area contributed by atoms with Crippen molar-refractivity contribution < 1.29 is 24.4 Å². The second kappa shape index (κ2) is 6.74. The maximum Gasteiger partial charge on any atom is 0.173 e. The molecule has 5 heteroatoms. The predicted molar refractivity (Wildman–Crippen MR) is 78.6 cm³/mol. The third kappa shape index (κ3) is 3.72. The summed E-state index contributed by atoms with van der Waals surface area (Å²) in [5.74, 6) is 1.89. The fourth-order valence-corrected chi connectivity index (χ4v) is 1.79. The van der Waals surface area contributed by atoms with Gasteiger partial charge in [-0.25, -0.2) is 0 Å². The highest BCUT2D eigenvalue weighted by molar-refractivity contribution is 5.55. The van der Waals surface area contributed by atoms with Gasteiger partial charge in [0.05, 0.1) is 13.2 Å². The summed E-state index contributed by atoms with van der Waals surface area (Å²) in [6, 6.07) is 9.37. The molecule has 2 aromatic rings. The van der Waals surface area contributed by atoms with Crippen molar-refractivity contribution in [2.45, 2.75) is 13.8 Å². The first-order valence-electron chi connectivity index (χ1n) is 6.73. The average molecular weight is 290 g/mol. The van der Waals surface area contributed by atoms with Gasteiger partial charge in [0.25, 0.3) is 0 Å². The molecule has 0 saturated carbocycles. The van der Waals surface area contributed by atoms with Crippen LogP contribution in [0.1, 0.15) is 13.8 Å². The molecule has 0 aliphatic carbocycles. The van der Waals surface area contributed by atoms with E-state index in [0.717, 1.165) is 0 Å². The van der Waals surface area contributed by atoms with Gasteiger partial charge >= 0.3 is 0 Å². The lowest BCUT2D eigenvalue weighted by Crippen LogP contribution is -1.98. The summed E-state index contributed by atoms with van der Waals surface area (Å²) >= 11 is 0. The summed E-state index contributed by atoms with van der Waals surface area (Å²) in [4.78, 5) is 0. The Bertz CT molecular complexity index is 592. The SMILES string of the molecule is CCOc1cc(Oc2ccc(O)cc2)c(OCC)cc1O. The van der Waals surface area contributed by atoms with E-state index in [1.807, 2.05) is 13.8 Å². The molecule has 0 aliphatic rings. The maximum atomic E-state index is 9.88. The van der Waals surface area contributed by atoms with Gasteiger partial charge in [-0.3, -0.25) is 0 Å². The van der Waals surface area contributed by atoms with Crippen molar-refractivity contribution in [1.82, 2.24) is 0 Å². The lowest BCUT2D eigenvalue weighted by molar-refractivity contribution is 0.300. The molecule has 0 atom stereocenters. The van der Waals surface area contributed by atoms with E-state index in [1.54, 1.807) is 18.2 Å². The van der Waals surface area contributed by atoms with Crippen molar-refractivity contribution in [1.29, 1.82) is 0 Å². The third-order valence-electron chi connectivity index (χ3n) is 2.69. The molecule has 0 saturated heterocycles. The van der Waals surface area contributed by atoms with Crippen molar-refractivity contribution >= 4 is 0 Å². The van der Waals surface area contributed by atoms with Crippen LogP contribution in [-0.2, 0) is 0 Å². The highest BCUT2D eigenvalue weighted by Crippen LogP contribution is 2.41. The fourth-order valence-electron chi connectivity index (χ4n) is 1.79. The topological polar surface area (TPSA) is 68.2 Å². The minimum atomic E-state index is -0.00152. The molecule has 5 nitrogen and oxygen atoms in total. The Hall–Kier alpha value is -2.56. The quantitative estimate of drug-likeness (QED) is 0.849. The van der Waals surface area contributed by atoms with Gasteiger partial charge in [0.15, 0.2) is 23.0 Å². The van der Waals surface area contributed by atoms with E-state index in [4.69, 9.17) is 14.2 Å². The van der Waals surface area contributed by atoms with Crippen LogP contribution in [0.2, 0.25) is 0 Å². The minimum Gasteiger partial charge on any atom is -0.508 e. The van der Waals surface area contributed by atoms with E-state index >= 15 is 0 Å². The highest BCUT2D eigenvalue weighted by atomic mass is 16.5. The lowest BCUT2D eigenvalue weighted by Gasteiger charge is -2.14. The summed E-state index contributed by atoms with van der Waals surface area (Å²) in [5, 5.41) is 19.2. The van der Waals surface area contributed by atoms with Gasteiger partial charge in [-0.15, -0.1) is 0 Å². The summed E-state index contributed by atoms with van der Waals surface area (Å²) in [5.41, 5.74) is 0. The smallest absolute Gasteiger partial charge is 0.173 e. The van der Waals surface area contributed by atoms with Gasteiger partial charge in [-0.2, -0.15) is 0 Å². The summed E-state index contributed by atoms with van der Waals surface area (Å²) in [6.45, 7) is 4.55. The number of ether oxygens (including phenoxy) is 3. The molecular formula is C16H18O5. The largest absolute Gasteiger partial charge is 0.508 e. The van der Waals surface area contributed by atoms with Crippen LogP contribution < -0.4 is 14.2 Å². The number of aromatic hydroxyl groups is 2. The Kier molecular flexibility index (Phi) is 4.77. The molecule has 0 aliphatic heterocycles. The molecule has 0 unspecified atom stereocenters. The minimum absolute atomic E-state index is 0.00152. The van der Waals surface area contributed by atoms with Gasteiger partial charge in [0.1, 0.15) is 11.5 Å². The summed E-state index contributed by atoms with van der Waals surface area (Å²) in [6.07, 6.45) is 0. The number of phenolic OH excluding ortho intramolecular Hbond substituents is 2. The molecule has 0 radical (unpaired) electrons. The fraction of sp³-hybridized carbons (Fsp3) is 0.250. The van der Waals surface area contributed by atoms with Crippen LogP contribution in [0.3, 0.4) is 0 Å². The van der Waals surface area contributed by atoms with Crippen LogP contribution in [0.15, 0.2) is 36.4 Å². The van der Waals surface area contributed by atoms with E-state index in [2.05, 4.69) is 0 Å². The van der Waals surface area contributed by atoms with E-state index in [9.17, 15) is 10.2 Å². The summed E-state index contributed by atoms with van der Waals surface area (Å²) < 4.78 is 16.5. The van der Waals surface area contributed by atoms with Gasteiger partial charge in [0, 0.05) is 12.1 Å². The van der Waals surface area contributed by atoms with Crippen LogP contribution in [0, 0.1) is 0 Å². The number of hydrogen-bond acceptors (Lipinski definition) is 5. The van der Waals surface area contributed by atoms with Crippen molar-refractivity contribution in [3.05, 3.63) is 36.4 Å². The van der Waals surface area contributed by atoms with Crippen LogP contribution in [0.4, 0.5) is 0 Å². The Morgan fingerprint density at radius 3 is 2.05 bits per heavy atom. The van der Waals surface area contributed by atoms with Crippen LogP contribution >= 0.6 is 0 Å². The van der Waals surface area contributed by atoms with Crippen LogP contribution in [0.5, 0.6) is 34.5 Å². The normalized spacial score (nSPS) is 10.2. The Morgan fingerprint density at radius 2 is 1.43 bits per heavy atom.